The highest BCUT2D eigenvalue weighted by Gasteiger charge is 2.35. The van der Waals surface area contributed by atoms with E-state index in [1.165, 1.54) is 11.8 Å². The van der Waals surface area contributed by atoms with E-state index in [2.05, 4.69) is 23.6 Å². The van der Waals surface area contributed by atoms with Gasteiger partial charge in [0.1, 0.15) is 0 Å². The molecule has 1 unspecified atom stereocenters. The molecule has 0 radical (unpaired) electrons. The molecule has 1 atom stereocenters. The molecule has 1 aliphatic rings. The van der Waals surface area contributed by atoms with Crippen molar-refractivity contribution in [1.82, 2.24) is 14.5 Å². The number of rotatable bonds is 7. The third-order valence-corrected chi connectivity index (χ3v) is 8.32. The number of para-hydroxylation sites is 2. The molecule has 0 bridgehead atoms. The quantitative estimate of drug-likeness (QED) is 0.485. The molecule has 2 aromatic carbocycles. The first kappa shape index (κ1) is 22.9. The number of sulfone groups is 1. The molecule has 170 valence electrons. The molecule has 0 aliphatic carbocycles. The predicted octanol–water partition coefficient (Wildman–Crippen LogP) is 4.10. The Balaban J connectivity index is 1.60. The largest absolute Gasteiger partial charge is 0.338 e. The zero-order valence-corrected chi connectivity index (χ0v) is 20.3. The lowest BCUT2D eigenvalue weighted by Crippen LogP contribution is -2.44. The van der Waals surface area contributed by atoms with Crippen molar-refractivity contribution in [3.05, 3.63) is 54.1 Å². The van der Waals surface area contributed by atoms with E-state index in [9.17, 15) is 13.2 Å². The van der Waals surface area contributed by atoms with Crippen LogP contribution < -0.4 is 0 Å². The summed E-state index contributed by atoms with van der Waals surface area (Å²) in [7, 11) is -3.06. The summed E-state index contributed by atoms with van der Waals surface area (Å²) in [6.07, 6.45) is 0.521. The van der Waals surface area contributed by atoms with Crippen LogP contribution in [0.15, 0.2) is 53.7 Å². The second-order valence-electron chi connectivity index (χ2n) is 8.84. The summed E-state index contributed by atoms with van der Waals surface area (Å²) in [5.74, 6) is 0.685. The SMILES string of the molecule is Cc1cccc(-n2c(SCC(=O)N(CC(C)C)C3CCS(=O)(=O)C3)nc3ccccc32)c1. The van der Waals surface area contributed by atoms with E-state index in [0.717, 1.165) is 27.4 Å². The second kappa shape index (κ2) is 9.27. The highest BCUT2D eigenvalue weighted by atomic mass is 32.2. The molecule has 0 N–H and O–H groups in total. The Hall–Kier alpha value is -2.32. The van der Waals surface area contributed by atoms with E-state index < -0.39 is 9.84 Å². The number of hydrogen-bond acceptors (Lipinski definition) is 5. The number of fused-ring (bicyclic) bond motifs is 1. The molecule has 3 aromatic rings. The Kier molecular flexibility index (Phi) is 6.62. The summed E-state index contributed by atoms with van der Waals surface area (Å²) in [4.78, 5) is 19.8. The van der Waals surface area contributed by atoms with Crippen molar-refractivity contribution < 1.29 is 13.2 Å². The van der Waals surface area contributed by atoms with Gasteiger partial charge in [0.25, 0.3) is 0 Å². The summed E-state index contributed by atoms with van der Waals surface area (Å²) < 4.78 is 26.1. The summed E-state index contributed by atoms with van der Waals surface area (Å²) in [5.41, 5.74) is 4.03. The van der Waals surface area contributed by atoms with E-state index in [4.69, 9.17) is 4.98 Å². The minimum absolute atomic E-state index is 0.0337. The topological polar surface area (TPSA) is 72.3 Å². The molecule has 0 spiro atoms. The summed E-state index contributed by atoms with van der Waals surface area (Å²) in [5, 5.41) is 0.758. The van der Waals surface area contributed by atoms with Gasteiger partial charge in [0, 0.05) is 18.3 Å². The fourth-order valence-electron chi connectivity index (χ4n) is 4.20. The highest BCUT2D eigenvalue weighted by molar-refractivity contribution is 7.99. The van der Waals surface area contributed by atoms with Gasteiger partial charge in [-0.2, -0.15) is 0 Å². The zero-order chi connectivity index (χ0) is 22.9. The number of benzene rings is 2. The molecule has 1 saturated heterocycles. The highest BCUT2D eigenvalue weighted by Crippen LogP contribution is 2.29. The van der Waals surface area contributed by atoms with Crippen molar-refractivity contribution >= 4 is 38.5 Å². The van der Waals surface area contributed by atoms with Gasteiger partial charge < -0.3 is 4.90 Å². The maximum atomic E-state index is 13.2. The van der Waals surface area contributed by atoms with E-state index in [-0.39, 0.29) is 35.1 Å². The van der Waals surface area contributed by atoms with Gasteiger partial charge in [-0.1, -0.05) is 49.9 Å². The number of amides is 1. The number of carbonyl (C=O) groups excluding carboxylic acids is 1. The van der Waals surface area contributed by atoms with Crippen LogP contribution in [-0.4, -0.2) is 58.6 Å². The summed E-state index contributed by atoms with van der Waals surface area (Å²) in [6.45, 7) is 6.72. The fraction of sp³-hybridized carbons (Fsp3) is 0.417. The average Bonchev–Trinajstić information content (AvgIpc) is 3.29. The van der Waals surface area contributed by atoms with E-state index in [1.807, 2.05) is 50.2 Å². The van der Waals surface area contributed by atoms with Crippen LogP contribution in [-0.2, 0) is 14.6 Å². The lowest BCUT2D eigenvalue weighted by atomic mass is 10.1. The van der Waals surface area contributed by atoms with Crippen molar-refractivity contribution in [1.29, 1.82) is 0 Å². The van der Waals surface area contributed by atoms with Crippen LogP contribution in [0.25, 0.3) is 16.7 Å². The Bertz CT molecular complexity index is 1230. The molecule has 32 heavy (non-hydrogen) atoms. The van der Waals surface area contributed by atoms with Gasteiger partial charge in [-0.25, -0.2) is 13.4 Å². The number of carbonyl (C=O) groups is 1. The van der Waals surface area contributed by atoms with Gasteiger partial charge in [-0.15, -0.1) is 0 Å². The monoisotopic (exact) mass is 471 g/mol. The van der Waals surface area contributed by atoms with Crippen LogP contribution in [0.1, 0.15) is 25.8 Å². The van der Waals surface area contributed by atoms with Crippen LogP contribution in [0, 0.1) is 12.8 Å². The van der Waals surface area contributed by atoms with Gasteiger partial charge in [0.15, 0.2) is 15.0 Å². The van der Waals surface area contributed by atoms with Crippen LogP contribution in [0.2, 0.25) is 0 Å². The van der Waals surface area contributed by atoms with E-state index in [1.54, 1.807) is 4.90 Å². The molecule has 8 heteroatoms. The van der Waals surface area contributed by atoms with Crippen LogP contribution in [0.5, 0.6) is 0 Å². The molecule has 1 fully saturated rings. The predicted molar refractivity (Wildman–Crippen MR) is 130 cm³/mol. The molecular weight excluding hydrogens is 442 g/mol. The molecule has 1 amide bonds. The zero-order valence-electron chi connectivity index (χ0n) is 18.7. The second-order valence-corrected chi connectivity index (χ2v) is 12.0. The van der Waals surface area contributed by atoms with Crippen LogP contribution >= 0.6 is 11.8 Å². The standard InChI is InChI=1S/C24H29N3O3S2/c1-17(2)14-26(20-11-12-32(29,30)16-20)23(28)15-31-24-25-21-9-4-5-10-22(21)27(24)19-8-6-7-18(3)13-19/h4-10,13,17,20H,11-12,14-16H2,1-3H3. The minimum Gasteiger partial charge on any atom is -0.338 e. The van der Waals surface area contributed by atoms with E-state index in [0.29, 0.717) is 13.0 Å². The van der Waals surface area contributed by atoms with Crippen molar-refractivity contribution in [3.8, 4) is 5.69 Å². The van der Waals surface area contributed by atoms with Crippen LogP contribution in [0.3, 0.4) is 0 Å². The third-order valence-electron chi connectivity index (χ3n) is 5.65. The molecule has 1 aromatic heterocycles. The molecule has 1 aliphatic heterocycles. The van der Waals surface area contributed by atoms with Crippen molar-refractivity contribution in [2.45, 2.75) is 38.4 Å². The Morgan fingerprint density at radius 3 is 2.69 bits per heavy atom. The Morgan fingerprint density at radius 2 is 2.00 bits per heavy atom. The van der Waals surface area contributed by atoms with Crippen molar-refractivity contribution in [2.75, 3.05) is 23.8 Å². The Labute approximate surface area is 193 Å². The van der Waals surface area contributed by atoms with E-state index >= 15 is 0 Å². The third kappa shape index (κ3) is 5.02. The van der Waals surface area contributed by atoms with Crippen molar-refractivity contribution in [3.63, 3.8) is 0 Å². The van der Waals surface area contributed by atoms with Crippen molar-refractivity contribution in [2.24, 2.45) is 5.92 Å². The normalized spacial score (nSPS) is 17.8. The molecule has 6 nitrogen and oxygen atoms in total. The summed E-state index contributed by atoms with van der Waals surface area (Å²) >= 11 is 1.41. The number of aryl methyl sites for hydroxylation is 1. The maximum absolute atomic E-state index is 13.2. The first-order chi connectivity index (χ1) is 15.2. The van der Waals surface area contributed by atoms with Gasteiger partial charge >= 0.3 is 0 Å². The van der Waals surface area contributed by atoms with Crippen LogP contribution in [0.4, 0.5) is 0 Å². The smallest absolute Gasteiger partial charge is 0.233 e. The number of hydrogen-bond donors (Lipinski definition) is 0. The van der Waals surface area contributed by atoms with Gasteiger partial charge in [0.2, 0.25) is 5.91 Å². The summed E-state index contributed by atoms with van der Waals surface area (Å²) in [6, 6.07) is 15.9. The first-order valence-corrected chi connectivity index (χ1v) is 13.7. The minimum atomic E-state index is -3.06. The number of thioether (sulfide) groups is 1. The first-order valence-electron chi connectivity index (χ1n) is 10.9. The number of nitrogens with zero attached hydrogens (tertiary/aromatic N) is 3. The average molecular weight is 472 g/mol. The Morgan fingerprint density at radius 1 is 1.22 bits per heavy atom. The lowest BCUT2D eigenvalue weighted by molar-refractivity contribution is -0.130. The van der Waals surface area contributed by atoms with Gasteiger partial charge in [0.05, 0.1) is 28.3 Å². The number of aromatic nitrogens is 2. The number of imidazole rings is 1. The molecule has 2 heterocycles. The van der Waals surface area contributed by atoms with Gasteiger partial charge in [-0.3, -0.25) is 9.36 Å². The fourth-order valence-corrected chi connectivity index (χ4v) is 6.84. The maximum Gasteiger partial charge on any atom is 0.233 e. The lowest BCUT2D eigenvalue weighted by Gasteiger charge is -2.30. The molecular formula is C24H29N3O3S2. The molecule has 0 saturated carbocycles. The van der Waals surface area contributed by atoms with Gasteiger partial charge in [-0.05, 0) is 49.1 Å². The molecule has 4 rings (SSSR count).